The van der Waals surface area contributed by atoms with Gasteiger partial charge in [-0.15, -0.1) is 0 Å². The lowest BCUT2D eigenvalue weighted by Crippen LogP contribution is -2.04. The van der Waals surface area contributed by atoms with Crippen molar-refractivity contribution in [3.05, 3.63) is 12.4 Å². The molecule has 0 aliphatic heterocycles. The van der Waals surface area contributed by atoms with Crippen molar-refractivity contribution in [1.82, 2.24) is 9.55 Å². The van der Waals surface area contributed by atoms with Crippen molar-refractivity contribution < 1.29 is 0 Å². The van der Waals surface area contributed by atoms with Crippen LogP contribution in [0.25, 0.3) is 0 Å². The third-order valence-corrected chi connectivity index (χ3v) is 3.49. The molecule has 0 aromatic carbocycles. The topological polar surface area (TPSA) is 17.8 Å². The minimum Gasteiger partial charge on any atom is -0.323 e. The fourth-order valence-corrected chi connectivity index (χ4v) is 2.75. The Hall–Kier alpha value is -0.440. The van der Waals surface area contributed by atoms with Crippen molar-refractivity contribution in [2.45, 2.75) is 43.8 Å². The van der Waals surface area contributed by atoms with Gasteiger partial charge < -0.3 is 4.57 Å². The summed E-state index contributed by atoms with van der Waals surface area (Å²) in [4.78, 5) is 4.38. The van der Waals surface area contributed by atoms with E-state index in [0.717, 1.165) is 11.8 Å². The van der Waals surface area contributed by atoms with E-state index in [1.807, 2.05) is 18.0 Å². The molecular weight excluding hydrogens is 180 g/mol. The summed E-state index contributed by atoms with van der Waals surface area (Å²) in [5.41, 5.74) is 0. The van der Waals surface area contributed by atoms with Gasteiger partial charge in [0.15, 0.2) is 5.16 Å². The fraction of sp³-hybridized carbons (Fsp3) is 0.700. The third kappa shape index (κ3) is 1.90. The molecule has 0 atom stereocenters. The average molecular weight is 196 g/mol. The Bertz CT molecular complexity index is 264. The highest BCUT2D eigenvalue weighted by Gasteiger charge is 2.18. The quantitative estimate of drug-likeness (QED) is 0.691. The molecule has 2 nitrogen and oxygen atoms in total. The van der Waals surface area contributed by atoms with E-state index in [4.69, 9.17) is 0 Å². The predicted octanol–water partition coefficient (Wildman–Crippen LogP) is 3.11. The molecule has 0 unspecified atom stereocenters. The number of hydrogen-bond acceptors (Lipinski definition) is 2. The van der Waals surface area contributed by atoms with E-state index in [-0.39, 0.29) is 0 Å². The number of hydrogen-bond donors (Lipinski definition) is 0. The van der Waals surface area contributed by atoms with Gasteiger partial charge in [0.05, 0.1) is 0 Å². The highest BCUT2D eigenvalue weighted by Crippen LogP contribution is 2.32. The largest absolute Gasteiger partial charge is 0.323 e. The number of imidazole rings is 1. The van der Waals surface area contributed by atoms with Gasteiger partial charge >= 0.3 is 0 Å². The highest BCUT2D eigenvalue weighted by atomic mass is 32.2. The van der Waals surface area contributed by atoms with Crippen molar-refractivity contribution in [3.63, 3.8) is 0 Å². The molecule has 3 heteroatoms. The molecule has 1 saturated carbocycles. The van der Waals surface area contributed by atoms with Crippen LogP contribution in [0, 0.1) is 0 Å². The number of nitrogens with zero attached hydrogens (tertiary/aromatic N) is 2. The van der Waals surface area contributed by atoms with E-state index in [0.29, 0.717) is 0 Å². The van der Waals surface area contributed by atoms with Gasteiger partial charge in [0.25, 0.3) is 0 Å². The molecule has 1 aromatic rings. The molecule has 1 fully saturated rings. The van der Waals surface area contributed by atoms with E-state index in [1.54, 1.807) is 0 Å². The smallest absolute Gasteiger partial charge is 0.168 e. The zero-order chi connectivity index (χ0) is 9.10. The lowest BCUT2D eigenvalue weighted by atomic mass is 10.2. The molecule has 0 amide bonds. The van der Waals surface area contributed by atoms with Gasteiger partial charge in [-0.3, -0.25) is 0 Å². The second-order valence-corrected chi connectivity index (χ2v) is 4.72. The van der Waals surface area contributed by atoms with Gasteiger partial charge in [-0.1, -0.05) is 31.5 Å². The van der Waals surface area contributed by atoms with E-state index < -0.39 is 0 Å². The Balaban J connectivity index is 2.13. The number of rotatable bonds is 3. The minimum atomic E-state index is 0.733. The lowest BCUT2D eigenvalue weighted by molar-refractivity contribution is 0.481. The van der Waals surface area contributed by atoms with Gasteiger partial charge in [0.2, 0.25) is 0 Å². The van der Waals surface area contributed by atoms with Gasteiger partial charge in [0, 0.05) is 18.4 Å². The standard InChI is InChI=1S/C10H16N2S/c1-2-13-10-11-7-8-12(10)9-5-3-4-6-9/h7-9H,2-6H2,1H3. The summed E-state index contributed by atoms with van der Waals surface area (Å²) in [6, 6.07) is 0.733. The Labute approximate surface area is 83.7 Å². The first kappa shape index (κ1) is 9.13. The molecule has 1 heterocycles. The monoisotopic (exact) mass is 196 g/mol. The molecular formula is C10H16N2S. The second kappa shape index (κ2) is 4.18. The zero-order valence-corrected chi connectivity index (χ0v) is 8.89. The summed E-state index contributed by atoms with van der Waals surface area (Å²) in [6.45, 7) is 2.18. The van der Waals surface area contributed by atoms with E-state index in [9.17, 15) is 0 Å². The average Bonchev–Trinajstić information content (AvgIpc) is 2.71. The molecule has 0 spiro atoms. The Kier molecular flexibility index (Phi) is 2.94. The van der Waals surface area contributed by atoms with Crippen LogP contribution in [0.3, 0.4) is 0 Å². The zero-order valence-electron chi connectivity index (χ0n) is 8.07. The van der Waals surface area contributed by atoms with Crippen molar-refractivity contribution >= 4 is 11.8 Å². The second-order valence-electron chi connectivity index (χ2n) is 3.49. The van der Waals surface area contributed by atoms with Crippen LogP contribution in [-0.4, -0.2) is 15.3 Å². The maximum atomic E-state index is 4.38. The summed E-state index contributed by atoms with van der Waals surface area (Å²) < 4.78 is 2.36. The van der Waals surface area contributed by atoms with E-state index in [1.165, 1.54) is 30.8 Å². The van der Waals surface area contributed by atoms with Crippen LogP contribution in [0.4, 0.5) is 0 Å². The van der Waals surface area contributed by atoms with E-state index >= 15 is 0 Å². The minimum absolute atomic E-state index is 0.733. The van der Waals surface area contributed by atoms with Crippen molar-refractivity contribution in [3.8, 4) is 0 Å². The van der Waals surface area contributed by atoms with Crippen LogP contribution in [0.1, 0.15) is 38.6 Å². The molecule has 1 aromatic heterocycles. The van der Waals surface area contributed by atoms with Gasteiger partial charge in [-0.2, -0.15) is 0 Å². The molecule has 1 aliphatic carbocycles. The van der Waals surface area contributed by atoms with Gasteiger partial charge in [0.1, 0.15) is 0 Å². The van der Waals surface area contributed by atoms with Crippen LogP contribution in [0.15, 0.2) is 17.6 Å². The first-order chi connectivity index (χ1) is 6.42. The predicted molar refractivity (Wildman–Crippen MR) is 56.1 cm³/mol. The van der Waals surface area contributed by atoms with Gasteiger partial charge in [-0.25, -0.2) is 4.98 Å². The van der Waals surface area contributed by atoms with Crippen molar-refractivity contribution in [1.29, 1.82) is 0 Å². The molecule has 2 rings (SSSR count). The summed E-state index contributed by atoms with van der Waals surface area (Å²) in [5.74, 6) is 1.11. The molecule has 0 bridgehead atoms. The SMILES string of the molecule is CCSc1nccn1C1CCCC1. The number of thioether (sulfide) groups is 1. The maximum absolute atomic E-state index is 4.38. The summed E-state index contributed by atoms with van der Waals surface area (Å²) in [5, 5.41) is 1.20. The van der Waals surface area contributed by atoms with Crippen molar-refractivity contribution in [2.75, 3.05) is 5.75 Å². The van der Waals surface area contributed by atoms with Crippen LogP contribution in [0.5, 0.6) is 0 Å². The first-order valence-electron chi connectivity index (χ1n) is 5.07. The third-order valence-electron chi connectivity index (χ3n) is 2.62. The molecule has 0 N–H and O–H groups in total. The normalized spacial score (nSPS) is 18.2. The van der Waals surface area contributed by atoms with Gasteiger partial charge in [-0.05, 0) is 18.6 Å². The Morgan fingerprint density at radius 1 is 1.54 bits per heavy atom. The molecule has 1 aliphatic rings. The summed E-state index contributed by atoms with van der Waals surface area (Å²) in [7, 11) is 0. The Morgan fingerprint density at radius 3 is 3.00 bits per heavy atom. The first-order valence-corrected chi connectivity index (χ1v) is 6.06. The lowest BCUT2D eigenvalue weighted by Gasteiger charge is -2.13. The van der Waals surface area contributed by atoms with Crippen molar-refractivity contribution in [2.24, 2.45) is 0 Å². The number of aromatic nitrogens is 2. The summed E-state index contributed by atoms with van der Waals surface area (Å²) in [6.07, 6.45) is 9.52. The molecule has 0 radical (unpaired) electrons. The summed E-state index contributed by atoms with van der Waals surface area (Å²) >= 11 is 1.85. The van der Waals surface area contributed by atoms with Crippen LogP contribution >= 0.6 is 11.8 Å². The Morgan fingerprint density at radius 2 is 2.31 bits per heavy atom. The maximum Gasteiger partial charge on any atom is 0.168 e. The van der Waals surface area contributed by atoms with Crippen LogP contribution in [-0.2, 0) is 0 Å². The van der Waals surface area contributed by atoms with Crippen LogP contribution < -0.4 is 0 Å². The molecule has 0 saturated heterocycles. The highest BCUT2D eigenvalue weighted by molar-refractivity contribution is 7.99. The fourth-order valence-electron chi connectivity index (χ4n) is 2.00. The molecule has 13 heavy (non-hydrogen) atoms. The molecule has 72 valence electrons. The van der Waals surface area contributed by atoms with Crippen LogP contribution in [0.2, 0.25) is 0 Å². The van der Waals surface area contributed by atoms with E-state index in [2.05, 4.69) is 22.7 Å².